The van der Waals surface area contributed by atoms with Gasteiger partial charge in [-0.3, -0.25) is 0 Å². The summed E-state index contributed by atoms with van der Waals surface area (Å²) >= 11 is 0. The molecule has 0 spiro atoms. The van der Waals surface area contributed by atoms with Crippen LogP contribution in [-0.4, -0.2) is 6.29 Å². The zero-order valence-electron chi connectivity index (χ0n) is 8.31. The van der Waals surface area contributed by atoms with E-state index in [0.29, 0.717) is 5.92 Å². The van der Waals surface area contributed by atoms with Crippen molar-refractivity contribution >= 4 is 12.4 Å². The maximum atomic E-state index is 10.5. The molecular weight excluding hydrogens is 172 g/mol. The average molecular weight is 186 g/mol. The van der Waals surface area contributed by atoms with Gasteiger partial charge in [0.15, 0.2) is 0 Å². The zero-order chi connectivity index (χ0) is 9.97. The quantitative estimate of drug-likeness (QED) is 0.663. The molecule has 1 aromatic carbocycles. The molecule has 2 atom stereocenters. The smallest absolute Gasteiger partial charge is 0.123 e. The summed E-state index contributed by atoms with van der Waals surface area (Å²) in [5.41, 5.74) is 2.55. The van der Waals surface area contributed by atoms with Crippen LogP contribution in [0.3, 0.4) is 0 Å². The van der Waals surface area contributed by atoms with Crippen LogP contribution in [0.4, 0.5) is 0 Å². The third-order valence-electron chi connectivity index (χ3n) is 2.79. The first-order valence-corrected chi connectivity index (χ1v) is 5.00. The molecule has 0 heterocycles. The van der Waals surface area contributed by atoms with Gasteiger partial charge in [0.25, 0.3) is 0 Å². The molecular formula is C13H14O. The molecule has 0 aliphatic heterocycles. The summed E-state index contributed by atoms with van der Waals surface area (Å²) in [5.74, 6) is 0.794. The highest BCUT2D eigenvalue weighted by molar-refractivity contribution is 5.63. The van der Waals surface area contributed by atoms with Crippen LogP contribution in [0.2, 0.25) is 0 Å². The van der Waals surface area contributed by atoms with Gasteiger partial charge in [0.2, 0.25) is 0 Å². The van der Waals surface area contributed by atoms with Gasteiger partial charge >= 0.3 is 0 Å². The fraction of sp³-hybridized carbons (Fsp3) is 0.308. The Morgan fingerprint density at radius 3 is 2.64 bits per heavy atom. The molecule has 0 amide bonds. The molecule has 14 heavy (non-hydrogen) atoms. The molecule has 1 saturated carbocycles. The third-order valence-corrected chi connectivity index (χ3v) is 2.79. The van der Waals surface area contributed by atoms with Gasteiger partial charge in [0.05, 0.1) is 0 Å². The Kier molecular flexibility index (Phi) is 2.49. The Bertz CT molecular complexity index is 351. The molecule has 1 fully saturated rings. The fourth-order valence-corrected chi connectivity index (χ4v) is 1.81. The van der Waals surface area contributed by atoms with Crippen molar-refractivity contribution < 1.29 is 4.79 Å². The van der Waals surface area contributed by atoms with Crippen LogP contribution in [0.5, 0.6) is 0 Å². The van der Waals surface area contributed by atoms with Crippen molar-refractivity contribution in [3.8, 4) is 0 Å². The second-order valence-corrected chi connectivity index (χ2v) is 3.94. The van der Waals surface area contributed by atoms with Gasteiger partial charge in [0, 0.05) is 5.92 Å². The van der Waals surface area contributed by atoms with Crippen LogP contribution < -0.4 is 0 Å². The molecule has 0 bridgehead atoms. The van der Waals surface area contributed by atoms with E-state index >= 15 is 0 Å². The van der Waals surface area contributed by atoms with Gasteiger partial charge < -0.3 is 4.79 Å². The topological polar surface area (TPSA) is 17.1 Å². The molecule has 1 heteroatoms. The van der Waals surface area contributed by atoms with Gasteiger partial charge in [-0.05, 0) is 24.8 Å². The summed E-state index contributed by atoms with van der Waals surface area (Å²) in [6.45, 7) is 2.11. The molecule has 0 radical (unpaired) electrons. The van der Waals surface area contributed by atoms with E-state index in [4.69, 9.17) is 0 Å². The van der Waals surface area contributed by atoms with Crippen molar-refractivity contribution in [1.82, 2.24) is 0 Å². The first-order chi connectivity index (χ1) is 6.81. The second kappa shape index (κ2) is 3.79. The van der Waals surface area contributed by atoms with Crippen LogP contribution in [0.1, 0.15) is 18.9 Å². The minimum atomic E-state index is 0.287. The predicted octanol–water partition coefficient (Wildman–Crippen LogP) is 2.92. The zero-order valence-corrected chi connectivity index (χ0v) is 8.31. The predicted molar refractivity (Wildman–Crippen MR) is 57.8 cm³/mol. The SMILES string of the molecule is C/C(=C/c1ccccc1)[C@@H]1C[C@H]1C=O. The highest BCUT2D eigenvalue weighted by Crippen LogP contribution is 2.42. The first kappa shape index (κ1) is 9.20. The number of rotatable bonds is 3. The second-order valence-electron chi connectivity index (χ2n) is 3.94. The Morgan fingerprint density at radius 2 is 2.07 bits per heavy atom. The molecule has 1 aromatic rings. The lowest BCUT2D eigenvalue weighted by Gasteiger charge is -1.98. The summed E-state index contributed by atoms with van der Waals surface area (Å²) in [4.78, 5) is 10.5. The summed E-state index contributed by atoms with van der Waals surface area (Å²) in [7, 11) is 0. The molecule has 0 unspecified atom stereocenters. The number of hydrogen-bond acceptors (Lipinski definition) is 1. The lowest BCUT2D eigenvalue weighted by molar-refractivity contribution is -0.109. The van der Waals surface area contributed by atoms with Gasteiger partial charge in [-0.1, -0.05) is 42.0 Å². The Balaban J connectivity index is 2.08. The normalized spacial score (nSPS) is 25.9. The minimum absolute atomic E-state index is 0.287. The lowest BCUT2D eigenvalue weighted by Crippen LogP contribution is -1.85. The van der Waals surface area contributed by atoms with E-state index in [1.807, 2.05) is 18.2 Å². The highest BCUT2D eigenvalue weighted by atomic mass is 16.1. The van der Waals surface area contributed by atoms with Crippen molar-refractivity contribution in [2.45, 2.75) is 13.3 Å². The first-order valence-electron chi connectivity index (χ1n) is 5.00. The van der Waals surface area contributed by atoms with Gasteiger partial charge in [-0.2, -0.15) is 0 Å². The molecule has 0 N–H and O–H groups in total. The van der Waals surface area contributed by atoms with Crippen molar-refractivity contribution in [2.75, 3.05) is 0 Å². The molecule has 2 rings (SSSR count). The maximum Gasteiger partial charge on any atom is 0.123 e. The maximum absolute atomic E-state index is 10.5. The van der Waals surface area contributed by atoms with E-state index in [9.17, 15) is 4.79 Å². The van der Waals surface area contributed by atoms with Crippen LogP contribution in [0.15, 0.2) is 35.9 Å². The van der Waals surface area contributed by atoms with E-state index in [-0.39, 0.29) is 5.92 Å². The molecule has 0 saturated heterocycles. The number of carbonyl (C=O) groups is 1. The van der Waals surface area contributed by atoms with Crippen molar-refractivity contribution in [2.24, 2.45) is 11.8 Å². The number of benzene rings is 1. The Labute approximate surface area is 84.5 Å². The Hall–Kier alpha value is -1.37. The largest absolute Gasteiger partial charge is 0.303 e. The molecule has 1 aliphatic carbocycles. The van der Waals surface area contributed by atoms with E-state index in [1.165, 1.54) is 11.1 Å². The lowest BCUT2D eigenvalue weighted by atomic mass is 10.1. The van der Waals surface area contributed by atoms with Crippen molar-refractivity contribution in [3.05, 3.63) is 41.5 Å². The molecule has 72 valence electrons. The minimum Gasteiger partial charge on any atom is -0.303 e. The van der Waals surface area contributed by atoms with Crippen LogP contribution >= 0.6 is 0 Å². The van der Waals surface area contributed by atoms with E-state index in [1.54, 1.807) is 0 Å². The van der Waals surface area contributed by atoms with E-state index < -0.39 is 0 Å². The van der Waals surface area contributed by atoms with Crippen LogP contribution in [0, 0.1) is 11.8 Å². The van der Waals surface area contributed by atoms with Gasteiger partial charge in [0.1, 0.15) is 6.29 Å². The van der Waals surface area contributed by atoms with E-state index in [2.05, 4.69) is 25.1 Å². The molecule has 0 aromatic heterocycles. The number of carbonyl (C=O) groups excluding carboxylic acids is 1. The summed E-state index contributed by atoms with van der Waals surface area (Å²) in [5, 5.41) is 0. The van der Waals surface area contributed by atoms with Gasteiger partial charge in [-0.15, -0.1) is 0 Å². The number of hydrogen-bond donors (Lipinski definition) is 0. The van der Waals surface area contributed by atoms with E-state index in [0.717, 1.165) is 12.7 Å². The Morgan fingerprint density at radius 1 is 1.36 bits per heavy atom. The summed E-state index contributed by atoms with van der Waals surface area (Å²) in [6, 6.07) is 10.2. The van der Waals surface area contributed by atoms with Crippen LogP contribution in [-0.2, 0) is 4.79 Å². The van der Waals surface area contributed by atoms with Crippen molar-refractivity contribution in [3.63, 3.8) is 0 Å². The fourth-order valence-electron chi connectivity index (χ4n) is 1.81. The standard InChI is InChI=1S/C13H14O/c1-10(13-8-12(13)9-14)7-11-5-3-2-4-6-11/h2-7,9,12-13H,8H2,1H3/b10-7-/t12-,13-/m0/s1. The van der Waals surface area contributed by atoms with Gasteiger partial charge in [-0.25, -0.2) is 0 Å². The number of aldehydes is 1. The average Bonchev–Trinajstić information content (AvgIpc) is 2.98. The summed E-state index contributed by atoms with van der Waals surface area (Å²) < 4.78 is 0. The molecule has 1 aliphatic rings. The summed E-state index contributed by atoms with van der Waals surface area (Å²) in [6.07, 6.45) is 4.29. The highest BCUT2D eigenvalue weighted by Gasteiger charge is 2.37. The number of allylic oxidation sites excluding steroid dienone is 1. The van der Waals surface area contributed by atoms with Crippen LogP contribution in [0.25, 0.3) is 6.08 Å². The molecule has 1 nitrogen and oxygen atoms in total. The van der Waals surface area contributed by atoms with Crippen molar-refractivity contribution in [1.29, 1.82) is 0 Å². The monoisotopic (exact) mass is 186 g/mol. The third kappa shape index (κ3) is 1.92.